The standard InChI is InChI=1S/C10H20N2O2/c1-3-14-10(13)12-6-4-5-9(7-12)8(2)11/h8-9H,3-7,11H2,1-2H3/t8-,9+/m1/s1. The predicted octanol–water partition coefficient (Wildman–Crippen LogP) is 1.20. The van der Waals surface area contributed by atoms with Gasteiger partial charge in [-0.1, -0.05) is 0 Å². The third kappa shape index (κ3) is 2.87. The Bertz CT molecular complexity index is 195. The van der Waals surface area contributed by atoms with Crippen LogP contribution in [0.4, 0.5) is 4.79 Å². The molecule has 2 atom stereocenters. The highest BCUT2D eigenvalue weighted by molar-refractivity contribution is 5.67. The zero-order valence-corrected chi connectivity index (χ0v) is 9.03. The minimum absolute atomic E-state index is 0.159. The van der Waals surface area contributed by atoms with Gasteiger partial charge in [0.2, 0.25) is 0 Å². The number of carbonyl (C=O) groups excluding carboxylic acids is 1. The summed E-state index contributed by atoms with van der Waals surface area (Å²) >= 11 is 0. The molecule has 1 saturated heterocycles. The van der Waals surface area contributed by atoms with Crippen LogP contribution in [0.3, 0.4) is 0 Å². The van der Waals surface area contributed by atoms with E-state index in [1.165, 1.54) is 0 Å². The summed E-state index contributed by atoms with van der Waals surface area (Å²) in [5.41, 5.74) is 5.82. The summed E-state index contributed by atoms with van der Waals surface area (Å²) in [6.45, 7) is 5.82. The molecule has 0 aromatic carbocycles. The summed E-state index contributed by atoms with van der Waals surface area (Å²) < 4.78 is 4.96. The highest BCUT2D eigenvalue weighted by Crippen LogP contribution is 2.19. The van der Waals surface area contributed by atoms with Gasteiger partial charge < -0.3 is 15.4 Å². The number of ether oxygens (including phenoxy) is 1. The fraction of sp³-hybridized carbons (Fsp3) is 0.900. The van der Waals surface area contributed by atoms with Crippen LogP contribution in [0.25, 0.3) is 0 Å². The van der Waals surface area contributed by atoms with Crippen molar-refractivity contribution in [1.29, 1.82) is 0 Å². The maximum atomic E-state index is 11.4. The number of rotatable bonds is 2. The van der Waals surface area contributed by atoms with Crippen molar-refractivity contribution < 1.29 is 9.53 Å². The lowest BCUT2D eigenvalue weighted by atomic mass is 9.92. The van der Waals surface area contributed by atoms with Gasteiger partial charge in [-0.3, -0.25) is 0 Å². The van der Waals surface area contributed by atoms with Gasteiger partial charge >= 0.3 is 6.09 Å². The Balaban J connectivity index is 2.43. The zero-order chi connectivity index (χ0) is 10.6. The van der Waals surface area contributed by atoms with Crippen LogP contribution in [0.5, 0.6) is 0 Å². The number of nitrogens with two attached hydrogens (primary N) is 1. The molecular formula is C10H20N2O2. The minimum Gasteiger partial charge on any atom is -0.450 e. The molecule has 1 aliphatic rings. The van der Waals surface area contributed by atoms with Crippen LogP contribution in [0.2, 0.25) is 0 Å². The highest BCUT2D eigenvalue weighted by atomic mass is 16.6. The van der Waals surface area contributed by atoms with Gasteiger partial charge in [0.15, 0.2) is 0 Å². The molecule has 1 aliphatic heterocycles. The Morgan fingerprint density at radius 3 is 3.00 bits per heavy atom. The van der Waals surface area contributed by atoms with Gasteiger partial charge in [-0.15, -0.1) is 0 Å². The predicted molar refractivity (Wildman–Crippen MR) is 55.0 cm³/mol. The third-order valence-corrected chi connectivity index (χ3v) is 2.73. The van der Waals surface area contributed by atoms with Gasteiger partial charge in [-0.2, -0.15) is 0 Å². The monoisotopic (exact) mass is 200 g/mol. The topological polar surface area (TPSA) is 55.6 Å². The summed E-state index contributed by atoms with van der Waals surface area (Å²) in [6.07, 6.45) is 1.95. The molecule has 0 radical (unpaired) electrons. The Labute approximate surface area is 85.4 Å². The number of nitrogens with zero attached hydrogens (tertiary/aromatic N) is 1. The number of hydrogen-bond donors (Lipinski definition) is 1. The quantitative estimate of drug-likeness (QED) is 0.728. The first-order valence-corrected chi connectivity index (χ1v) is 5.32. The van der Waals surface area contributed by atoms with E-state index in [0.29, 0.717) is 12.5 Å². The van der Waals surface area contributed by atoms with Gasteiger partial charge in [0.25, 0.3) is 0 Å². The number of amides is 1. The molecular weight excluding hydrogens is 180 g/mol. The number of piperidine rings is 1. The molecule has 0 spiro atoms. The lowest BCUT2D eigenvalue weighted by Crippen LogP contribution is -2.45. The maximum Gasteiger partial charge on any atom is 0.409 e. The van der Waals surface area contributed by atoms with E-state index < -0.39 is 0 Å². The summed E-state index contributed by atoms with van der Waals surface area (Å²) in [6, 6.07) is 0.159. The van der Waals surface area contributed by atoms with Crippen LogP contribution in [0, 0.1) is 5.92 Å². The summed E-state index contributed by atoms with van der Waals surface area (Å²) in [5, 5.41) is 0. The molecule has 4 heteroatoms. The largest absolute Gasteiger partial charge is 0.450 e. The van der Waals surface area contributed by atoms with Gasteiger partial charge in [0, 0.05) is 19.1 Å². The molecule has 4 nitrogen and oxygen atoms in total. The summed E-state index contributed by atoms with van der Waals surface area (Å²) in [4.78, 5) is 13.2. The van der Waals surface area contributed by atoms with Crippen molar-refractivity contribution in [3.05, 3.63) is 0 Å². The van der Waals surface area contributed by atoms with E-state index >= 15 is 0 Å². The van der Waals surface area contributed by atoms with E-state index in [4.69, 9.17) is 10.5 Å². The van der Waals surface area contributed by atoms with Gasteiger partial charge in [-0.25, -0.2) is 4.79 Å². The van der Waals surface area contributed by atoms with Gasteiger partial charge in [-0.05, 0) is 32.6 Å². The lowest BCUT2D eigenvalue weighted by molar-refractivity contribution is 0.0855. The molecule has 0 aromatic heterocycles. The molecule has 0 saturated carbocycles. The molecule has 0 bridgehead atoms. The van der Waals surface area contributed by atoms with Crippen LogP contribution in [0.15, 0.2) is 0 Å². The molecule has 1 amide bonds. The Hall–Kier alpha value is -0.770. The van der Waals surface area contributed by atoms with Gasteiger partial charge in [0.1, 0.15) is 0 Å². The molecule has 82 valence electrons. The van der Waals surface area contributed by atoms with Crippen LogP contribution in [-0.4, -0.2) is 36.7 Å². The van der Waals surface area contributed by atoms with E-state index in [9.17, 15) is 4.79 Å². The second-order valence-electron chi connectivity index (χ2n) is 3.91. The van der Waals surface area contributed by atoms with E-state index in [2.05, 4.69) is 0 Å². The van der Waals surface area contributed by atoms with Crippen LogP contribution < -0.4 is 5.73 Å². The van der Waals surface area contributed by atoms with Crippen molar-refractivity contribution in [2.45, 2.75) is 32.7 Å². The number of hydrogen-bond acceptors (Lipinski definition) is 3. The fourth-order valence-electron chi connectivity index (χ4n) is 1.82. The molecule has 0 unspecified atom stereocenters. The Kier molecular flexibility index (Phi) is 4.20. The molecule has 1 fully saturated rings. The van der Waals surface area contributed by atoms with E-state index in [1.807, 2.05) is 13.8 Å². The zero-order valence-electron chi connectivity index (χ0n) is 9.03. The SMILES string of the molecule is CCOC(=O)N1CCC[C@H]([C@@H](C)N)C1. The molecule has 1 heterocycles. The molecule has 0 aromatic rings. The van der Waals surface area contributed by atoms with Crippen LogP contribution in [0.1, 0.15) is 26.7 Å². The normalized spacial score (nSPS) is 24.5. The van der Waals surface area contributed by atoms with E-state index in [-0.39, 0.29) is 12.1 Å². The van der Waals surface area contributed by atoms with Crippen molar-refractivity contribution in [2.75, 3.05) is 19.7 Å². The first-order chi connectivity index (χ1) is 6.65. The lowest BCUT2D eigenvalue weighted by Gasteiger charge is -2.33. The minimum atomic E-state index is -0.196. The fourth-order valence-corrected chi connectivity index (χ4v) is 1.82. The second kappa shape index (κ2) is 5.20. The summed E-state index contributed by atoms with van der Waals surface area (Å²) in [5.74, 6) is 0.424. The van der Waals surface area contributed by atoms with Crippen molar-refractivity contribution in [2.24, 2.45) is 11.7 Å². The van der Waals surface area contributed by atoms with Crippen molar-refractivity contribution in [1.82, 2.24) is 4.90 Å². The van der Waals surface area contributed by atoms with E-state index in [0.717, 1.165) is 25.9 Å². The van der Waals surface area contributed by atoms with Crippen LogP contribution >= 0.6 is 0 Å². The highest BCUT2D eigenvalue weighted by Gasteiger charge is 2.26. The average Bonchev–Trinajstić information content (AvgIpc) is 2.18. The van der Waals surface area contributed by atoms with Crippen molar-refractivity contribution >= 4 is 6.09 Å². The van der Waals surface area contributed by atoms with E-state index in [1.54, 1.807) is 4.90 Å². The first-order valence-electron chi connectivity index (χ1n) is 5.32. The average molecular weight is 200 g/mol. The molecule has 2 N–H and O–H groups in total. The van der Waals surface area contributed by atoms with Gasteiger partial charge in [0.05, 0.1) is 6.61 Å². The second-order valence-corrected chi connectivity index (χ2v) is 3.91. The smallest absolute Gasteiger partial charge is 0.409 e. The van der Waals surface area contributed by atoms with Crippen LogP contribution in [-0.2, 0) is 4.74 Å². The number of likely N-dealkylation sites (tertiary alicyclic amines) is 1. The third-order valence-electron chi connectivity index (χ3n) is 2.73. The van der Waals surface area contributed by atoms with Crippen molar-refractivity contribution in [3.8, 4) is 0 Å². The van der Waals surface area contributed by atoms with Crippen molar-refractivity contribution in [3.63, 3.8) is 0 Å². The Morgan fingerprint density at radius 1 is 1.71 bits per heavy atom. The molecule has 0 aliphatic carbocycles. The Morgan fingerprint density at radius 2 is 2.43 bits per heavy atom. The number of carbonyl (C=O) groups is 1. The first kappa shape index (κ1) is 11.3. The maximum absolute atomic E-state index is 11.4. The summed E-state index contributed by atoms with van der Waals surface area (Å²) in [7, 11) is 0. The molecule has 14 heavy (non-hydrogen) atoms. The molecule has 1 rings (SSSR count).